The summed E-state index contributed by atoms with van der Waals surface area (Å²) in [5, 5.41) is 10.3. The SMILES string of the molecule is CCCC(O)c1ccncc1-c1ccc(C)c(OC)c1. The number of aryl methyl sites for hydroxylation is 1. The maximum atomic E-state index is 10.3. The minimum atomic E-state index is -0.453. The molecule has 20 heavy (non-hydrogen) atoms. The molecule has 1 N–H and O–H groups in total. The van der Waals surface area contributed by atoms with Gasteiger partial charge in [0.05, 0.1) is 13.2 Å². The second-order valence-corrected chi connectivity index (χ2v) is 4.95. The molecule has 3 nitrogen and oxygen atoms in total. The molecular weight excluding hydrogens is 250 g/mol. The number of hydrogen-bond donors (Lipinski definition) is 1. The summed E-state index contributed by atoms with van der Waals surface area (Å²) >= 11 is 0. The van der Waals surface area contributed by atoms with Gasteiger partial charge in [-0.3, -0.25) is 4.98 Å². The van der Waals surface area contributed by atoms with Crippen LogP contribution < -0.4 is 4.74 Å². The first-order chi connectivity index (χ1) is 9.67. The predicted molar refractivity (Wildman–Crippen MR) is 80.8 cm³/mol. The Kier molecular flexibility index (Phi) is 4.74. The van der Waals surface area contributed by atoms with E-state index in [1.165, 1.54) is 0 Å². The van der Waals surface area contributed by atoms with Gasteiger partial charge < -0.3 is 9.84 Å². The molecule has 0 fully saturated rings. The Bertz CT molecular complexity index is 581. The lowest BCUT2D eigenvalue weighted by Gasteiger charge is -2.15. The monoisotopic (exact) mass is 271 g/mol. The molecule has 0 saturated carbocycles. The van der Waals surface area contributed by atoms with Crippen LogP contribution in [0.4, 0.5) is 0 Å². The third kappa shape index (κ3) is 2.99. The van der Waals surface area contributed by atoms with Gasteiger partial charge >= 0.3 is 0 Å². The number of rotatable bonds is 5. The van der Waals surface area contributed by atoms with Crippen LogP contribution in [0.5, 0.6) is 5.75 Å². The van der Waals surface area contributed by atoms with Crippen LogP contribution >= 0.6 is 0 Å². The van der Waals surface area contributed by atoms with Gasteiger partial charge in [0.1, 0.15) is 5.75 Å². The van der Waals surface area contributed by atoms with Crippen molar-refractivity contribution in [1.82, 2.24) is 4.98 Å². The van der Waals surface area contributed by atoms with E-state index in [-0.39, 0.29) is 0 Å². The highest BCUT2D eigenvalue weighted by molar-refractivity contribution is 5.69. The van der Waals surface area contributed by atoms with Crippen LogP contribution in [0.15, 0.2) is 36.7 Å². The second-order valence-electron chi connectivity index (χ2n) is 4.95. The summed E-state index contributed by atoms with van der Waals surface area (Å²) in [5.74, 6) is 0.849. The number of hydrogen-bond acceptors (Lipinski definition) is 3. The van der Waals surface area contributed by atoms with E-state index in [9.17, 15) is 5.11 Å². The fourth-order valence-electron chi connectivity index (χ4n) is 2.35. The average Bonchev–Trinajstić information content (AvgIpc) is 2.48. The van der Waals surface area contributed by atoms with Crippen LogP contribution in [0, 0.1) is 6.92 Å². The van der Waals surface area contributed by atoms with E-state index in [0.29, 0.717) is 0 Å². The molecule has 2 rings (SSSR count). The normalized spacial score (nSPS) is 12.2. The first kappa shape index (κ1) is 14.5. The fraction of sp³-hybridized carbons (Fsp3) is 0.353. The minimum Gasteiger partial charge on any atom is -0.496 e. The second kappa shape index (κ2) is 6.53. The predicted octanol–water partition coefficient (Wildman–Crippen LogP) is 3.90. The fourth-order valence-corrected chi connectivity index (χ4v) is 2.35. The van der Waals surface area contributed by atoms with E-state index in [0.717, 1.165) is 40.8 Å². The summed E-state index contributed by atoms with van der Waals surface area (Å²) in [6, 6.07) is 7.95. The molecule has 0 aliphatic heterocycles. The van der Waals surface area contributed by atoms with Gasteiger partial charge in [0.2, 0.25) is 0 Å². The van der Waals surface area contributed by atoms with Crippen LogP contribution in [0.1, 0.15) is 37.0 Å². The first-order valence-electron chi connectivity index (χ1n) is 6.94. The zero-order valence-electron chi connectivity index (χ0n) is 12.3. The largest absolute Gasteiger partial charge is 0.496 e. The van der Waals surface area contributed by atoms with Gasteiger partial charge in [-0.25, -0.2) is 0 Å². The van der Waals surface area contributed by atoms with Crippen LogP contribution in [0.25, 0.3) is 11.1 Å². The number of pyridine rings is 1. The van der Waals surface area contributed by atoms with E-state index in [4.69, 9.17) is 4.74 Å². The number of aliphatic hydroxyl groups excluding tert-OH is 1. The third-order valence-electron chi connectivity index (χ3n) is 3.49. The molecule has 0 radical (unpaired) electrons. The van der Waals surface area contributed by atoms with E-state index in [1.54, 1.807) is 19.5 Å². The Balaban J connectivity index is 2.47. The van der Waals surface area contributed by atoms with E-state index >= 15 is 0 Å². The third-order valence-corrected chi connectivity index (χ3v) is 3.49. The molecule has 106 valence electrons. The standard InChI is InChI=1S/C17H21NO2/c1-4-5-16(19)14-8-9-18-11-15(14)13-7-6-12(2)17(10-13)20-3/h6-11,16,19H,4-5H2,1-3H3. The van der Waals surface area contributed by atoms with Crippen molar-refractivity contribution >= 4 is 0 Å². The highest BCUT2D eigenvalue weighted by Gasteiger charge is 2.14. The maximum Gasteiger partial charge on any atom is 0.122 e. The van der Waals surface area contributed by atoms with E-state index in [2.05, 4.69) is 11.9 Å². The highest BCUT2D eigenvalue weighted by atomic mass is 16.5. The van der Waals surface area contributed by atoms with Crippen molar-refractivity contribution in [3.05, 3.63) is 47.8 Å². The summed E-state index contributed by atoms with van der Waals surface area (Å²) in [6.45, 7) is 4.08. The van der Waals surface area contributed by atoms with Crippen molar-refractivity contribution in [1.29, 1.82) is 0 Å². The Hall–Kier alpha value is -1.87. The van der Waals surface area contributed by atoms with Crippen LogP contribution in [-0.4, -0.2) is 17.2 Å². The topological polar surface area (TPSA) is 42.4 Å². The van der Waals surface area contributed by atoms with Crippen LogP contribution in [0.2, 0.25) is 0 Å². The van der Waals surface area contributed by atoms with Crippen molar-refractivity contribution in [2.24, 2.45) is 0 Å². The Labute approximate surface area is 120 Å². The molecule has 0 amide bonds. The summed E-state index contributed by atoms with van der Waals surface area (Å²) in [7, 11) is 1.67. The number of ether oxygens (including phenoxy) is 1. The smallest absolute Gasteiger partial charge is 0.122 e. The van der Waals surface area contributed by atoms with Gasteiger partial charge in [-0.2, -0.15) is 0 Å². The molecule has 1 atom stereocenters. The number of benzene rings is 1. The van der Waals surface area contributed by atoms with Crippen LogP contribution in [-0.2, 0) is 0 Å². The highest BCUT2D eigenvalue weighted by Crippen LogP contribution is 2.32. The molecule has 1 heterocycles. The van der Waals surface area contributed by atoms with Crippen molar-refractivity contribution in [2.45, 2.75) is 32.8 Å². The van der Waals surface area contributed by atoms with Crippen molar-refractivity contribution in [3.8, 4) is 16.9 Å². The summed E-state index contributed by atoms with van der Waals surface area (Å²) < 4.78 is 5.37. The molecule has 2 aromatic rings. The lowest BCUT2D eigenvalue weighted by Crippen LogP contribution is -2.00. The Morgan fingerprint density at radius 3 is 2.80 bits per heavy atom. The molecule has 0 spiro atoms. The zero-order valence-corrected chi connectivity index (χ0v) is 12.3. The molecule has 1 unspecified atom stereocenters. The van der Waals surface area contributed by atoms with Crippen molar-refractivity contribution in [2.75, 3.05) is 7.11 Å². The quantitative estimate of drug-likeness (QED) is 0.896. The molecular formula is C17H21NO2. The van der Waals surface area contributed by atoms with Gasteiger partial charge in [-0.1, -0.05) is 25.5 Å². The molecule has 0 aliphatic carbocycles. The molecule has 1 aromatic carbocycles. The minimum absolute atomic E-state index is 0.453. The van der Waals surface area contributed by atoms with E-state index in [1.807, 2.05) is 31.2 Å². The Morgan fingerprint density at radius 2 is 2.10 bits per heavy atom. The summed E-state index contributed by atoms with van der Waals surface area (Å²) in [6.07, 6.45) is 4.77. The molecule has 0 aliphatic rings. The molecule has 1 aromatic heterocycles. The van der Waals surface area contributed by atoms with Gasteiger partial charge in [0, 0.05) is 18.0 Å². The van der Waals surface area contributed by atoms with Gasteiger partial charge in [-0.15, -0.1) is 0 Å². The average molecular weight is 271 g/mol. The maximum absolute atomic E-state index is 10.3. The summed E-state index contributed by atoms with van der Waals surface area (Å²) in [5.41, 5.74) is 4.00. The lowest BCUT2D eigenvalue weighted by atomic mass is 9.95. The van der Waals surface area contributed by atoms with E-state index < -0.39 is 6.10 Å². The molecule has 0 bridgehead atoms. The van der Waals surface area contributed by atoms with Gasteiger partial charge in [-0.05, 0) is 42.2 Å². The Morgan fingerprint density at radius 1 is 1.30 bits per heavy atom. The van der Waals surface area contributed by atoms with Gasteiger partial charge in [0.25, 0.3) is 0 Å². The van der Waals surface area contributed by atoms with Crippen LogP contribution in [0.3, 0.4) is 0 Å². The number of aliphatic hydroxyl groups is 1. The van der Waals surface area contributed by atoms with Crippen molar-refractivity contribution < 1.29 is 9.84 Å². The molecule has 3 heteroatoms. The van der Waals surface area contributed by atoms with Gasteiger partial charge in [0.15, 0.2) is 0 Å². The van der Waals surface area contributed by atoms with Crippen molar-refractivity contribution in [3.63, 3.8) is 0 Å². The zero-order chi connectivity index (χ0) is 14.5. The lowest BCUT2D eigenvalue weighted by molar-refractivity contribution is 0.167. The molecule has 0 saturated heterocycles. The summed E-state index contributed by atoms with van der Waals surface area (Å²) in [4.78, 5) is 4.19. The first-order valence-corrected chi connectivity index (χ1v) is 6.94. The number of methoxy groups -OCH3 is 1. The number of nitrogens with zero attached hydrogens (tertiary/aromatic N) is 1. The number of aromatic nitrogens is 1.